The van der Waals surface area contributed by atoms with Crippen molar-refractivity contribution in [2.45, 2.75) is 13.0 Å². The Kier molecular flexibility index (Phi) is 3.07. The minimum atomic E-state index is 0.961. The van der Waals surface area contributed by atoms with E-state index in [0.29, 0.717) is 0 Å². The molecule has 3 rings (SSSR count). The van der Waals surface area contributed by atoms with Crippen LogP contribution in [0.15, 0.2) is 30.7 Å². The first-order valence-electron chi connectivity index (χ1n) is 6.27. The van der Waals surface area contributed by atoms with E-state index >= 15 is 0 Å². The standard InChI is InChI=1S/C13H18N4/c1-2-8-17-11-15-12(13(17)4-1)10-16-7-3-5-14-6-9-16/h1-2,4,8,11,14H,3,5-7,9-10H2. The zero-order valence-corrected chi connectivity index (χ0v) is 9.97. The van der Waals surface area contributed by atoms with Crippen LogP contribution in [0.2, 0.25) is 0 Å². The van der Waals surface area contributed by atoms with Crippen LogP contribution in [0.5, 0.6) is 0 Å². The molecule has 17 heavy (non-hydrogen) atoms. The van der Waals surface area contributed by atoms with Crippen LogP contribution in [0.25, 0.3) is 5.52 Å². The lowest BCUT2D eigenvalue weighted by molar-refractivity contribution is 0.282. The van der Waals surface area contributed by atoms with E-state index in [1.165, 1.54) is 24.2 Å². The highest BCUT2D eigenvalue weighted by Gasteiger charge is 2.12. The van der Waals surface area contributed by atoms with Crippen LogP contribution in [0.1, 0.15) is 12.1 Å². The minimum absolute atomic E-state index is 0.961. The number of hydrogen-bond donors (Lipinski definition) is 1. The Morgan fingerprint density at radius 3 is 3.24 bits per heavy atom. The normalized spacial score (nSPS) is 18.4. The number of fused-ring (bicyclic) bond motifs is 1. The van der Waals surface area contributed by atoms with E-state index in [1.807, 2.05) is 12.4 Å². The summed E-state index contributed by atoms with van der Waals surface area (Å²) in [7, 11) is 0. The average Bonchev–Trinajstić information content (AvgIpc) is 2.59. The van der Waals surface area contributed by atoms with Gasteiger partial charge in [-0.15, -0.1) is 0 Å². The molecule has 1 saturated heterocycles. The van der Waals surface area contributed by atoms with Crippen LogP contribution in [0.3, 0.4) is 0 Å². The zero-order valence-electron chi connectivity index (χ0n) is 9.97. The van der Waals surface area contributed by atoms with E-state index in [2.05, 4.69) is 37.9 Å². The Hall–Kier alpha value is -1.39. The quantitative estimate of drug-likeness (QED) is 0.839. The Morgan fingerprint density at radius 1 is 1.24 bits per heavy atom. The van der Waals surface area contributed by atoms with Gasteiger partial charge in [0.05, 0.1) is 17.5 Å². The fourth-order valence-corrected chi connectivity index (χ4v) is 2.39. The van der Waals surface area contributed by atoms with Gasteiger partial charge in [0, 0.05) is 25.8 Å². The molecule has 0 aliphatic carbocycles. The topological polar surface area (TPSA) is 32.6 Å². The van der Waals surface area contributed by atoms with Crippen molar-refractivity contribution < 1.29 is 0 Å². The van der Waals surface area contributed by atoms with Gasteiger partial charge >= 0.3 is 0 Å². The highest BCUT2D eigenvalue weighted by atomic mass is 15.2. The van der Waals surface area contributed by atoms with Crippen molar-refractivity contribution in [1.29, 1.82) is 0 Å². The second-order valence-corrected chi connectivity index (χ2v) is 4.56. The summed E-state index contributed by atoms with van der Waals surface area (Å²) in [6.07, 6.45) is 5.18. The van der Waals surface area contributed by atoms with Gasteiger partial charge in [0.1, 0.15) is 0 Å². The van der Waals surface area contributed by atoms with E-state index < -0.39 is 0 Å². The van der Waals surface area contributed by atoms with E-state index in [-0.39, 0.29) is 0 Å². The molecule has 0 radical (unpaired) electrons. The number of pyridine rings is 1. The summed E-state index contributed by atoms with van der Waals surface area (Å²) in [4.78, 5) is 7.00. The van der Waals surface area contributed by atoms with Crippen molar-refractivity contribution in [1.82, 2.24) is 19.6 Å². The van der Waals surface area contributed by atoms with Gasteiger partial charge in [-0.3, -0.25) is 4.90 Å². The molecule has 3 heterocycles. The molecule has 0 unspecified atom stereocenters. The van der Waals surface area contributed by atoms with Gasteiger partial charge in [-0.2, -0.15) is 0 Å². The smallest absolute Gasteiger partial charge is 0.0996 e. The SMILES string of the molecule is c1ccn2cnc(CN3CCCNCC3)c2c1. The van der Waals surface area contributed by atoms with Gasteiger partial charge in [-0.05, 0) is 31.6 Å². The second-order valence-electron chi connectivity index (χ2n) is 4.56. The Balaban J connectivity index is 1.79. The first kappa shape index (κ1) is 10.7. The van der Waals surface area contributed by atoms with Crippen molar-refractivity contribution in [3.05, 3.63) is 36.4 Å². The number of hydrogen-bond acceptors (Lipinski definition) is 3. The molecule has 2 aromatic heterocycles. The van der Waals surface area contributed by atoms with Crippen LogP contribution < -0.4 is 5.32 Å². The monoisotopic (exact) mass is 230 g/mol. The maximum atomic E-state index is 4.52. The van der Waals surface area contributed by atoms with Crippen LogP contribution in [-0.2, 0) is 6.54 Å². The molecule has 90 valence electrons. The molecule has 0 aromatic carbocycles. The van der Waals surface area contributed by atoms with E-state index in [9.17, 15) is 0 Å². The van der Waals surface area contributed by atoms with Gasteiger partial charge in [0.25, 0.3) is 0 Å². The van der Waals surface area contributed by atoms with Gasteiger partial charge in [0.2, 0.25) is 0 Å². The van der Waals surface area contributed by atoms with Crippen molar-refractivity contribution >= 4 is 5.52 Å². The number of aromatic nitrogens is 2. The van der Waals surface area contributed by atoms with Crippen molar-refractivity contribution in [3.8, 4) is 0 Å². The zero-order chi connectivity index (χ0) is 11.5. The molecule has 1 N–H and O–H groups in total. The molecule has 0 amide bonds. The van der Waals surface area contributed by atoms with Gasteiger partial charge in [-0.25, -0.2) is 4.98 Å². The maximum Gasteiger partial charge on any atom is 0.0996 e. The van der Waals surface area contributed by atoms with Crippen molar-refractivity contribution in [3.63, 3.8) is 0 Å². The first-order chi connectivity index (χ1) is 8.43. The summed E-state index contributed by atoms with van der Waals surface area (Å²) >= 11 is 0. The minimum Gasteiger partial charge on any atom is -0.315 e. The summed E-state index contributed by atoms with van der Waals surface area (Å²) in [6, 6.07) is 6.25. The van der Waals surface area contributed by atoms with Crippen molar-refractivity contribution in [2.75, 3.05) is 26.2 Å². The number of imidazole rings is 1. The predicted molar refractivity (Wildman–Crippen MR) is 68.0 cm³/mol. The predicted octanol–water partition coefficient (Wildman–Crippen LogP) is 1.13. The molecular weight excluding hydrogens is 212 g/mol. The summed E-state index contributed by atoms with van der Waals surface area (Å²) < 4.78 is 2.09. The molecular formula is C13H18N4. The molecule has 4 heteroatoms. The Morgan fingerprint density at radius 2 is 2.24 bits per heavy atom. The molecule has 0 spiro atoms. The van der Waals surface area contributed by atoms with Crippen molar-refractivity contribution in [2.24, 2.45) is 0 Å². The Labute approximate surface area is 101 Å². The molecule has 2 aromatic rings. The van der Waals surface area contributed by atoms with Gasteiger partial charge in [0.15, 0.2) is 0 Å². The number of nitrogens with one attached hydrogen (secondary N) is 1. The summed E-state index contributed by atoms with van der Waals surface area (Å²) in [5.74, 6) is 0. The van der Waals surface area contributed by atoms with Crippen LogP contribution in [0, 0.1) is 0 Å². The lowest BCUT2D eigenvalue weighted by Crippen LogP contribution is -2.27. The largest absolute Gasteiger partial charge is 0.315 e. The Bertz CT molecular complexity index is 483. The third-order valence-electron chi connectivity index (χ3n) is 3.33. The first-order valence-corrected chi connectivity index (χ1v) is 6.27. The molecule has 0 saturated carbocycles. The van der Waals surface area contributed by atoms with Gasteiger partial charge < -0.3 is 9.72 Å². The van der Waals surface area contributed by atoms with E-state index in [4.69, 9.17) is 0 Å². The van der Waals surface area contributed by atoms with E-state index in [1.54, 1.807) is 0 Å². The average molecular weight is 230 g/mol. The van der Waals surface area contributed by atoms with Crippen LogP contribution in [0.4, 0.5) is 0 Å². The lowest BCUT2D eigenvalue weighted by Gasteiger charge is -2.18. The molecule has 1 aliphatic heterocycles. The fourth-order valence-electron chi connectivity index (χ4n) is 2.39. The summed E-state index contributed by atoms with van der Waals surface area (Å²) in [6.45, 7) is 5.47. The fraction of sp³-hybridized carbons (Fsp3) is 0.462. The molecule has 1 fully saturated rings. The molecule has 1 aliphatic rings. The summed E-state index contributed by atoms with van der Waals surface area (Å²) in [5.41, 5.74) is 2.41. The second kappa shape index (κ2) is 4.85. The van der Waals surface area contributed by atoms with Gasteiger partial charge in [-0.1, -0.05) is 6.07 Å². The maximum absolute atomic E-state index is 4.52. The number of nitrogens with zero attached hydrogens (tertiary/aromatic N) is 3. The molecule has 0 bridgehead atoms. The molecule has 4 nitrogen and oxygen atoms in total. The summed E-state index contributed by atoms with van der Waals surface area (Å²) in [5, 5.41) is 3.43. The van der Waals surface area contributed by atoms with Crippen LogP contribution in [-0.4, -0.2) is 40.5 Å². The highest BCUT2D eigenvalue weighted by Crippen LogP contribution is 2.12. The molecule has 0 atom stereocenters. The number of rotatable bonds is 2. The van der Waals surface area contributed by atoms with E-state index in [0.717, 1.165) is 26.2 Å². The highest BCUT2D eigenvalue weighted by molar-refractivity contribution is 5.51. The lowest BCUT2D eigenvalue weighted by atomic mass is 10.3. The third kappa shape index (κ3) is 2.33. The van der Waals surface area contributed by atoms with Crippen LogP contribution >= 0.6 is 0 Å². The third-order valence-corrected chi connectivity index (χ3v) is 3.33.